The Balaban J connectivity index is 2.52. The highest BCUT2D eigenvalue weighted by molar-refractivity contribution is 7.89. The van der Waals surface area contributed by atoms with Crippen LogP contribution in [0.15, 0.2) is 0 Å². The second-order valence-electron chi connectivity index (χ2n) is 6.04. The Morgan fingerprint density at radius 1 is 1.33 bits per heavy atom. The average molecular weight is 318 g/mol. The first kappa shape index (κ1) is 17.9. The predicted octanol–water partition coefficient (Wildman–Crippen LogP) is 0.545. The van der Waals surface area contributed by atoms with Crippen molar-refractivity contribution >= 4 is 10.0 Å². The van der Waals surface area contributed by atoms with Crippen molar-refractivity contribution in [1.82, 2.24) is 19.8 Å². The van der Waals surface area contributed by atoms with Crippen LogP contribution >= 0.6 is 0 Å². The summed E-state index contributed by atoms with van der Waals surface area (Å²) in [5.74, 6) is 0.724. The van der Waals surface area contributed by atoms with Gasteiger partial charge in [0, 0.05) is 25.7 Å². The van der Waals surface area contributed by atoms with E-state index in [4.69, 9.17) is 4.74 Å². The molecule has 21 heavy (non-hydrogen) atoms. The molecular formula is C13H26N4O3S. The standard InChI is InChI=1S/C13H26N4O3S/c1-10-11(12(20-6)17(5)15-10)9-14-7-8-21(18,19)16-13(2,3)4/h14,16H,7-9H2,1-6H3. The lowest BCUT2D eigenvalue weighted by Crippen LogP contribution is -2.43. The maximum absolute atomic E-state index is 11.9. The first-order chi connectivity index (χ1) is 9.56. The van der Waals surface area contributed by atoms with E-state index in [0.29, 0.717) is 19.0 Å². The van der Waals surface area contributed by atoms with Crippen LogP contribution in [0.4, 0.5) is 0 Å². The maximum atomic E-state index is 11.9. The molecule has 8 heteroatoms. The molecule has 0 unspecified atom stereocenters. The van der Waals surface area contributed by atoms with E-state index in [0.717, 1.165) is 11.3 Å². The molecule has 0 bridgehead atoms. The predicted molar refractivity (Wildman–Crippen MR) is 82.9 cm³/mol. The molecular weight excluding hydrogens is 292 g/mol. The zero-order valence-corrected chi connectivity index (χ0v) is 14.5. The third kappa shape index (κ3) is 5.64. The number of aromatic nitrogens is 2. The molecule has 1 heterocycles. The smallest absolute Gasteiger partial charge is 0.216 e. The molecule has 0 atom stereocenters. The van der Waals surface area contributed by atoms with Gasteiger partial charge in [0.1, 0.15) is 0 Å². The van der Waals surface area contributed by atoms with Crippen LogP contribution in [0.25, 0.3) is 0 Å². The number of ether oxygens (including phenoxy) is 1. The van der Waals surface area contributed by atoms with Crippen molar-refractivity contribution in [3.63, 3.8) is 0 Å². The number of nitrogens with one attached hydrogen (secondary N) is 2. The number of aryl methyl sites for hydroxylation is 2. The van der Waals surface area contributed by atoms with E-state index in [1.54, 1.807) is 11.8 Å². The summed E-state index contributed by atoms with van der Waals surface area (Å²) < 4.78 is 33.3. The molecule has 0 saturated heterocycles. The fraction of sp³-hybridized carbons (Fsp3) is 0.769. The molecule has 0 amide bonds. The number of sulfonamides is 1. The van der Waals surface area contributed by atoms with Crippen molar-refractivity contribution in [1.29, 1.82) is 0 Å². The highest BCUT2D eigenvalue weighted by Gasteiger charge is 2.19. The number of methoxy groups -OCH3 is 1. The molecule has 122 valence electrons. The highest BCUT2D eigenvalue weighted by Crippen LogP contribution is 2.20. The summed E-state index contributed by atoms with van der Waals surface area (Å²) >= 11 is 0. The average Bonchev–Trinajstić information content (AvgIpc) is 2.55. The van der Waals surface area contributed by atoms with Crippen LogP contribution in [-0.4, -0.2) is 43.1 Å². The quantitative estimate of drug-likeness (QED) is 0.717. The van der Waals surface area contributed by atoms with Crippen LogP contribution in [0.3, 0.4) is 0 Å². The lowest BCUT2D eigenvalue weighted by molar-refractivity contribution is 0.368. The van der Waals surface area contributed by atoms with E-state index >= 15 is 0 Å². The largest absolute Gasteiger partial charge is 0.481 e. The zero-order chi connectivity index (χ0) is 16.3. The summed E-state index contributed by atoms with van der Waals surface area (Å²) in [6.45, 7) is 8.25. The van der Waals surface area contributed by atoms with E-state index in [-0.39, 0.29) is 5.75 Å². The van der Waals surface area contributed by atoms with Crippen molar-refractivity contribution in [3.8, 4) is 5.88 Å². The lowest BCUT2D eigenvalue weighted by Gasteiger charge is -2.20. The Morgan fingerprint density at radius 2 is 1.95 bits per heavy atom. The van der Waals surface area contributed by atoms with Gasteiger partial charge in [-0.2, -0.15) is 5.10 Å². The first-order valence-electron chi connectivity index (χ1n) is 6.84. The second-order valence-corrected chi connectivity index (χ2v) is 7.89. The summed E-state index contributed by atoms with van der Waals surface area (Å²) in [6, 6.07) is 0. The van der Waals surface area contributed by atoms with Crippen LogP contribution in [0.2, 0.25) is 0 Å². The number of hydrogen-bond acceptors (Lipinski definition) is 5. The number of nitrogens with zero attached hydrogens (tertiary/aromatic N) is 2. The summed E-state index contributed by atoms with van der Waals surface area (Å²) in [6.07, 6.45) is 0. The van der Waals surface area contributed by atoms with Crippen LogP contribution < -0.4 is 14.8 Å². The van der Waals surface area contributed by atoms with Crippen LogP contribution in [0.5, 0.6) is 5.88 Å². The van der Waals surface area contributed by atoms with Gasteiger partial charge in [0.2, 0.25) is 15.9 Å². The number of rotatable bonds is 7. The fourth-order valence-corrected chi connectivity index (χ4v) is 3.53. The zero-order valence-electron chi connectivity index (χ0n) is 13.6. The molecule has 7 nitrogen and oxygen atoms in total. The normalized spacial score (nSPS) is 12.7. The minimum absolute atomic E-state index is 0.0336. The van der Waals surface area contributed by atoms with Gasteiger partial charge >= 0.3 is 0 Å². The molecule has 1 rings (SSSR count). The monoisotopic (exact) mass is 318 g/mol. The Morgan fingerprint density at radius 3 is 2.48 bits per heavy atom. The third-order valence-electron chi connectivity index (χ3n) is 2.79. The molecule has 0 fully saturated rings. The van der Waals surface area contributed by atoms with Gasteiger partial charge in [-0.3, -0.25) is 0 Å². The van der Waals surface area contributed by atoms with Crippen molar-refractivity contribution in [3.05, 3.63) is 11.3 Å². The number of hydrogen-bond donors (Lipinski definition) is 2. The Bertz CT molecular complexity index is 573. The molecule has 0 aliphatic carbocycles. The third-order valence-corrected chi connectivity index (χ3v) is 4.46. The Hall–Kier alpha value is -1.12. The highest BCUT2D eigenvalue weighted by atomic mass is 32.2. The molecule has 1 aromatic rings. The van der Waals surface area contributed by atoms with Gasteiger partial charge in [-0.1, -0.05) is 0 Å². The van der Waals surface area contributed by atoms with Gasteiger partial charge in [0.15, 0.2) is 0 Å². The molecule has 0 saturated carbocycles. The van der Waals surface area contributed by atoms with Gasteiger partial charge in [-0.05, 0) is 27.7 Å². The summed E-state index contributed by atoms with van der Waals surface area (Å²) in [7, 11) is 0.129. The summed E-state index contributed by atoms with van der Waals surface area (Å²) in [5.41, 5.74) is 1.36. The maximum Gasteiger partial charge on any atom is 0.216 e. The first-order valence-corrected chi connectivity index (χ1v) is 8.50. The second kappa shape index (κ2) is 6.76. The molecule has 0 aliphatic rings. The van der Waals surface area contributed by atoms with Gasteiger partial charge in [-0.25, -0.2) is 17.8 Å². The van der Waals surface area contributed by atoms with Crippen molar-refractivity contribution < 1.29 is 13.2 Å². The van der Waals surface area contributed by atoms with Gasteiger partial charge in [0.25, 0.3) is 0 Å². The van der Waals surface area contributed by atoms with Crippen molar-refractivity contribution in [2.45, 2.75) is 39.8 Å². The minimum Gasteiger partial charge on any atom is -0.481 e. The van der Waals surface area contributed by atoms with E-state index in [1.165, 1.54) is 0 Å². The molecule has 0 aromatic carbocycles. The minimum atomic E-state index is -3.28. The molecule has 1 aromatic heterocycles. The van der Waals surface area contributed by atoms with Crippen LogP contribution in [-0.2, 0) is 23.6 Å². The Labute approximate surface area is 127 Å². The molecule has 0 aliphatic heterocycles. The summed E-state index contributed by atoms with van der Waals surface area (Å²) in [5, 5.41) is 7.40. The van der Waals surface area contributed by atoms with Crippen LogP contribution in [0.1, 0.15) is 32.0 Å². The summed E-state index contributed by atoms with van der Waals surface area (Å²) in [4.78, 5) is 0. The van der Waals surface area contributed by atoms with E-state index < -0.39 is 15.6 Å². The molecule has 2 N–H and O–H groups in total. The molecule has 0 spiro atoms. The van der Waals surface area contributed by atoms with E-state index in [1.807, 2.05) is 34.7 Å². The molecule has 0 radical (unpaired) electrons. The van der Waals surface area contributed by atoms with Gasteiger partial charge in [-0.15, -0.1) is 0 Å². The Kier molecular flexibility index (Phi) is 5.77. The van der Waals surface area contributed by atoms with E-state index in [2.05, 4.69) is 15.1 Å². The van der Waals surface area contributed by atoms with Gasteiger partial charge < -0.3 is 10.1 Å². The van der Waals surface area contributed by atoms with Crippen molar-refractivity contribution in [2.75, 3.05) is 19.4 Å². The SMILES string of the molecule is COc1c(CNCCS(=O)(=O)NC(C)(C)C)c(C)nn1C. The van der Waals surface area contributed by atoms with E-state index in [9.17, 15) is 8.42 Å². The lowest BCUT2D eigenvalue weighted by atomic mass is 10.1. The van der Waals surface area contributed by atoms with Crippen LogP contribution in [0, 0.1) is 6.92 Å². The fourth-order valence-electron chi connectivity index (χ4n) is 2.08. The topological polar surface area (TPSA) is 85.2 Å². The van der Waals surface area contributed by atoms with Crippen molar-refractivity contribution in [2.24, 2.45) is 7.05 Å². The van der Waals surface area contributed by atoms with Gasteiger partial charge in [0.05, 0.1) is 24.1 Å².